The number of nitrogens with zero attached hydrogens (tertiary/aromatic N) is 2. The summed E-state index contributed by atoms with van der Waals surface area (Å²) in [7, 11) is 1.70. The van der Waals surface area contributed by atoms with E-state index in [1.54, 1.807) is 7.11 Å². The SMILES string of the molecule is COc1ccc2c(c1)N1CCN(c3ccccc3)C[C@@H]1[C@@H](C(=O)N[C@@H](C)c1ccccc1)C2. The third kappa shape index (κ3) is 4.28. The van der Waals surface area contributed by atoms with Crippen LogP contribution >= 0.6 is 0 Å². The van der Waals surface area contributed by atoms with Crippen LogP contribution in [0.3, 0.4) is 0 Å². The number of amides is 1. The van der Waals surface area contributed by atoms with E-state index in [0.29, 0.717) is 0 Å². The van der Waals surface area contributed by atoms with Gasteiger partial charge in [-0.1, -0.05) is 54.6 Å². The second-order valence-corrected chi connectivity index (χ2v) is 8.99. The Kier molecular flexibility index (Phi) is 5.95. The molecule has 2 aliphatic rings. The molecule has 0 unspecified atom stereocenters. The van der Waals surface area contributed by atoms with Crippen LogP contribution in [0.4, 0.5) is 11.4 Å². The molecule has 0 saturated carbocycles. The minimum atomic E-state index is -0.122. The maximum absolute atomic E-state index is 13.6. The molecule has 1 amide bonds. The Morgan fingerprint density at radius 1 is 1.00 bits per heavy atom. The first kappa shape index (κ1) is 21.4. The first-order valence-corrected chi connectivity index (χ1v) is 11.7. The molecule has 1 N–H and O–H groups in total. The van der Waals surface area contributed by atoms with Gasteiger partial charge in [-0.05, 0) is 42.7 Å². The van der Waals surface area contributed by atoms with Crippen molar-refractivity contribution in [2.75, 3.05) is 36.5 Å². The number of benzene rings is 3. The second-order valence-electron chi connectivity index (χ2n) is 8.99. The first-order chi connectivity index (χ1) is 16.1. The minimum absolute atomic E-state index is 0.0294. The molecule has 2 aliphatic heterocycles. The molecule has 1 saturated heterocycles. The van der Waals surface area contributed by atoms with Crippen LogP contribution in [-0.2, 0) is 11.2 Å². The highest BCUT2D eigenvalue weighted by atomic mass is 16.5. The van der Waals surface area contributed by atoms with Crippen molar-refractivity contribution >= 4 is 17.3 Å². The van der Waals surface area contributed by atoms with Crippen molar-refractivity contribution in [3.05, 3.63) is 90.0 Å². The Morgan fingerprint density at radius 3 is 2.45 bits per heavy atom. The molecule has 3 atom stereocenters. The Labute approximate surface area is 196 Å². The monoisotopic (exact) mass is 441 g/mol. The van der Waals surface area contributed by atoms with Crippen molar-refractivity contribution in [1.82, 2.24) is 5.32 Å². The Balaban J connectivity index is 1.44. The smallest absolute Gasteiger partial charge is 0.226 e. The Hall–Kier alpha value is -3.47. The molecule has 5 rings (SSSR count). The van der Waals surface area contributed by atoms with Gasteiger partial charge in [0.2, 0.25) is 5.91 Å². The van der Waals surface area contributed by atoms with Crippen molar-refractivity contribution in [1.29, 1.82) is 0 Å². The van der Waals surface area contributed by atoms with Gasteiger partial charge in [0.05, 0.1) is 25.1 Å². The first-order valence-electron chi connectivity index (χ1n) is 11.7. The maximum Gasteiger partial charge on any atom is 0.226 e. The summed E-state index contributed by atoms with van der Waals surface area (Å²) >= 11 is 0. The summed E-state index contributed by atoms with van der Waals surface area (Å²) in [5, 5.41) is 3.30. The van der Waals surface area contributed by atoms with E-state index < -0.39 is 0 Å². The molecule has 0 spiro atoms. The highest BCUT2D eigenvalue weighted by Gasteiger charge is 2.42. The molecule has 0 aliphatic carbocycles. The average molecular weight is 442 g/mol. The summed E-state index contributed by atoms with van der Waals surface area (Å²) in [6, 6.07) is 27.0. The number of anilines is 2. The molecule has 3 aromatic carbocycles. The van der Waals surface area contributed by atoms with E-state index in [9.17, 15) is 4.79 Å². The van der Waals surface area contributed by atoms with Crippen LogP contribution in [-0.4, -0.2) is 38.7 Å². The van der Waals surface area contributed by atoms with Gasteiger partial charge in [0.1, 0.15) is 5.75 Å². The van der Waals surface area contributed by atoms with Gasteiger partial charge in [-0.15, -0.1) is 0 Å². The van der Waals surface area contributed by atoms with Crippen molar-refractivity contribution in [2.45, 2.75) is 25.4 Å². The zero-order valence-corrected chi connectivity index (χ0v) is 19.3. The molecule has 2 heterocycles. The molecule has 0 aromatic heterocycles. The van der Waals surface area contributed by atoms with Gasteiger partial charge in [0.25, 0.3) is 0 Å². The van der Waals surface area contributed by atoms with Crippen LogP contribution in [0.5, 0.6) is 5.75 Å². The molecule has 3 aromatic rings. The molecule has 0 bridgehead atoms. The predicted molar refractivity (Wildman–Crippen MR) is 133 cm³/mol. The number of ether oxygens (including phenoxy) is 1. The van der Waals surface area contributed by atoms with E-state index in [4.69, 9.17) is 4.74 Å². The largest absolute Gasteiger partial charge is 0.497 e. The lowest BCUT2D eigenvalue weighted by Gasteiger charge is -2.49. The van der Waals surface area contributed by atoms with Crippen LogP contribution in [0.15, 0.2) is 78.9 Å². The molecule has 5 nitrogen and oxygen atoms in total. The van der Waals surface area contributed by atoms with E-state index in [1.807, 2.05) is 30.3 Å². The van der Waals surface area contributed by atoms with Crippen molar-refractivity contribution in [3.63, 3.8) is 0 Å². The molecule has 170 valence electrons. The van der Waals surface area contributed by atoms with Gasteiger partial charge >= 0.3 is 0 Å². The average Bonchev–Trinajstić information content (AvgIpc) is 2.88. The van der Waals surface area contributed by atoms with Gasteiger partial charge in [-0.2, -0.15) is 0 Å². The molecule has 33 heavy (non-hydrogen) atoms. The third-order valence-electron chi connectivity index (χ3n) is 7.04. The van der Waals surface area contributed by atoms with Crippen LogP contribution in [0.2, 0.25) is 0 Å². The number of piperazine rings is 1. The van der Waals surface area contributed by atoms with Gasteiger partial charge in [-0.25, -0.2) is 0 Å². The fourth-order valence-corrected chi connectivity index (χ4v) is 5.22. The summed E-state index contributed by atoms with van der Waals surface area (Å²) in [5.41, 5.74) is 4.75. The lowest BCUT2D eigenvalue weighted by molar-refractivity contribution is -0.126. The van der Waals surface area contributed by atoms with Crippen LogP contribution < -0.4 is 19.9 Å². The summed E-state index contributed by atoms with van der Waals surface area (Å²) in [6.45, 7) is 4.67. The lowest BCUT2D eigenvalue weighted by atomic mass is 9.83. The van der Waals surface area contributed by atoms with Gasteiger partial charge in [0, 0.05) is 37.1 Å². The minimum Gasteiger partial charge on any atom is -0.497 e. The fraction of sp³-hybridized carbons (Fsp3) is 0.321. The normalized spacial score (nSPS) is 20.4. The quantitative estimate of drug-likeness (QED) is 0.636. The van der Waals surface area contributed by atoms with E-state index in [2.05, 4.69) is 70.6 Å². The highest BCUT2D eigenvalue weighted by molar-refractivity contribution is 5.83. The summed E-state index contributed by atoms with van der Waals surface area (Å²) in [4.78, 5) is 18.5. The summed E-state index contributed by atoms with van der Waals surface area (Å²) < 4.78 is 5.51. The number of fused-ring (bicyclic) bond motifs is 3. The van der Waals surface area contributed by atoms with Gasteiger partial charge in [0.15, 0.2) is 0 Å². The molecule has 5 heteroatoms. The summed E-state index contributed by atoms with van der Waals surface area (Å²) in [5.74, 6) is 0.861. The van der Waals surface area contributed by atoms with Crippen LogP contribution in [0.1, 0.15) is 24.1 Å². The Bertz CT molecular complexity index is 1100. The number of carbonyl (C=O) groups is 1. The van der Waals surface area contributed by atoms with E-state index in [-0.39, 0.29) is 23.9 Å². The van der Waals surface area contributed by atoms with E-state index in [1.165, 1.54) is 16.9 Å². The lowest BCUT2D eigenvalue weighted by Crippen LogP contribution is -2.61. The highest BCUT2D eigenvalue weighted by Crippen LogP contribution is 2.39. The number of nitrogens with one attached hydrogen (secondary N) is 1. The second kappa shape index (κ2) is 9.18. The molecule has 1 fully saturated rings. The van der Waals surface area contributed by atoms with Crippen LogP contribution in [0, 0.1) is 5.92 Å². The van der Waals surface area contributed by atoms with Gasteiger partial charge in [-0.3, -0.25) is 4.79 Å². The fourth-order valence-electron chi connectivity index (χ4n) is 5.22. The number of methoxy groups -OCH3 is 1. The predicted octanol–water partition coefficient (Wildman–Crippen LogP) is 4.44. The number of hydrogen-bond acceptors (Lipinski definition) is 4. The zero-order chi connectivity index (χ0) is 22.8. The number of hydrogen-bond donors (Lipinski definition) is 1. The molecule has 0 radical (unpaired) electrons. The molecular weight excluding hydrogens is 410 g/mol. The molecular formula is C28H31N3O2. The topological polar surface area (TPSA) is 44.8 Å². The standard InChI is InChI=1S/C28H31N3O2/c1-20(21-9-5-3-6-10-21)29-28(32)25-17-22-13-14-24(33-2)18-26(22)31-16-15-30(19-27(25)31)23-11-7-4-8-12-23/h3-14,18,20,25,27H,15-17,19H2,1-2H3,(H,29,32)/t20-,25-,27+/m0/s1. The van der Waals surface area contributed by atoms with E-state index >= 15 is 0 Å². The number of para-hydroxylation sites is 1. The summed E-state index contributed by atoms with van der Waals surface area (Å²) in [6.07, 6.45) is 0.733. The zero-order valence-electron chi connectivity index (χ0n) is 19.3. The van der Waals surface area contributed by atoms with E-state index in [0.717, 1.165) is 37.4 Å². The third-order valence-corrected chi connectivity index (χ3v) is 7.04. The Morgan fingerprint density at radius 2 is 1.73 bits per heavy atom. The van der Waals surface area contributed by atoms with Gasteiger partial charge < -0.3 is 19.9 Å². The number of rotatable bonds is 5. The van der Waals surface area contributed by atoms with Crippen LogP contribution in [0.25, 0.3) is 0 Å². The van der Waals surface area contributed by atoms with Crippen molar-refractivity contribution in [2.24, 2.45) is 5.92 Å². The van der Waals surface area contributed by atoms with Crippen molar-refractivity contribution in [3.8, 4) is 5.75 Å². The maximum atomic E-state index is 13.6. The van der Waals surface area contributed by atoms with Crippen molar-refractivity contribution < 1.29 is 9.53 Å². The number of carbonyl (C=O) groups excluding carboxylic acids is 1.